The standard InChI is InChI=1S/C13H20N2O3/c1-15(2)7-8-18-12-6-4-3-5-10(12)9-11(14)13(16)17/h3-6,11H,7-9,14H2,1-2H3,(H,16,17)/t11-/m1/s1. The third-order valence-electron chi connectivity index (χ3n) is 2.53. The summed E-state index contributed by atoms with van der Waals surface area (Å²) in [6, 6.07) is 6.49. The maximum Gasteiger partial charge on any atom is 0.320 e. The number of ether oxygens (including phenoxy) is 1. The predicted molar refractivity (Wildman–Crippen MR) is 69.8 cm³/mol. The van der Waals surface area contributed by atoms with Crippen molar-refractivity contribution >= 4 is 5.97 Å². The van der Waals surface area contributed by atoms with E-state index in [1.807, 2.05) is 43.3 Å². The van der Waals surface area contributed by atoms with Gasteiger partial charge in [-0.25, -0.2) is 0 Å². The van der Waals surface area contributed by atoms with E-state index in [1.165, 1.54) is 0 Å². The molecule has 1 aromatic rings. The fourth-order valence-electron chi connectivity index (χ4n) is 1.48. The number of hydrogen-bond acceptors (Lipinski definition) is 4. The van der Waals surface area contributed by atoms with Gasteiger partial charge in [-0.05, 0) is 25.7 Å². The highest BCUT2D eigenvalue weighted by Crippen LogP contribution is 2.19. The van der Waals surface area contributed by atoms with E-state index < -0.39 is 12.0 Å². The Hall–Kier alpha value is -1.59. The second-order valence-electron chi connectivity index (χ2n) is 4.41. The van der Waals surface area contributed by atoms with Crippen LogP contribution in [-0.4, -0.2) is 49.3 Å². The smallest absolute Gasteiger partial charge is 0.320 e. The van der Waals surface area contributed by atoms with Gasteiger partial charge in [-0.1, -0.05) is 18.2 Å². The predicted octanol–water partition coefficient (Wildman–Crippen LogP) is 0.581. The fourth-order valence-corrected chi connectivity index (χ4v) is 1.48. The molecular formula is C13H20N2O3. The van der Waals surface area contributed by atoms with Crippen LogP contribution >= 0.6 is 0 Å². The van der Waals surface area contributed by atoms with Crippen LogP contribution in [0.15, 0.2) is 24.3 Å². The molecule has 0 saturated carbocycles. The Bertz CT molecular complexity index is 394. The molecule has 0 saturated heterocycles. The Labute approximate surface area is 107 Å². The molecule has 0 aliphatic carbocycles. The van der Waals surface area contributed by atoms with Gasteiger partial charge in [0.1, 0.15) is 18.4 Å². The zero-order chi connectivity index (χ0) is 13.5. The first-order valence-electron chi connectivity index (χ1n) is 5.84. The molecule has 0 radical (unpaired) electrons. The highest BCUT2D eigenvalue weighted by Gasteiger charge is 2.14. The van der Waals surface area contributed by atoms with Crippen LogP contribution in [0.5, 0.6) is 5.75 Å². The molecule has 0 aliphatic rings. The van der Waals surface area contributed by atoms with Gasteiger partial charge in [0, 0.05) is 13.0 Å². The van der Waals surface area contributed by atoms with Gasteiger partial charge in [0.25, 0.3) is 0 Å². The minimum absolute atomic E-state index is 0.271. The quantitative estimate of drug-likeness (QED) is 0.742. The zero-order valence-electron chi connectivity index (χ0n) is 10.8. The number of nitrogens with zero attached hydrogens (tertiary/aromatic N) is 1. The van der Waals surface area contributed by atoms with Crippen molar-refractivity contribution in [2.24, 2.45) is 5.73 Å². The summed E-state index contributed by atoms with van der Waals surface area (Å²) in [7, 11) is 3.94. The van der Waals surface area contributed by atoms with Gasteiger partial charge in [0.15, 0.2) is 0 Å². The normalized spacial score (nSPS) is 12.4. The minimum atomic E-state index is -1.00. The summed E-state index contributed by atoms with van der Waals surface area (Å²) in [4.78, 5) is 12.8. The van der Waals surface area contributed by atoms with Crippen LogP contribution in [0.4, 0.5) is 0 Å². The minimum Gasteiger partial charge on any atom is -0.492 e. The second-order valence-corrected chi connectivity index (χ2v) is 4.41. The fraction of sp³-hybridized carbons (Fsp3) is 0.462. The van der Waals surface area contributed by atoms with Crippen molar-refractivity contribution in [2.75, 3.05) is 27.2 Å². The molecule has 0 heterocycles. The van der Waals surface area contributed by atoms with Crippen LogP contribution < -0.4 is 10.5 Å². The highest BCUT2D eigenvalue weighted by molar-refractivity contribution is 5.73. The van der Waals surface area contributed by atoms with Crippen LogP contribution in [0.2, 0.25) is 0 Å². The van der Waals surface area contributed by atoms with Crippen LogP contribution in [0, 0.1) is 0 Å². The van der Waals surface area contributed by atoms with E-state index in [2.05, 4.69) is 0 Å². The molecule has 1 rings (SSSR count). The summed E-state index contributed by atoms with van der Waals surface area (Å²) in [5, 5.41) is 8.81. The first kappa shape index (κ1) is 14.5. The number of benzene rings is 1. The second kappa shape index (κ2) is 6.98. The van der Waals surface area contributed by atoms with E-state index in [0.717, 1.165) is 12.1 Å². The van der Waals surface area contributed by atoms with E-state index in [-0.39, 0.29) is 6.42 Å². The summed E-state index contributed by atoms with van der Waals surface area (Å²) in [5.74, 6) is -0.297. The third kappa shape index (κ3) is 4.73. The van der Waals surface area contributed by atoms with Crippen LogP contribution in [-0.2, 0) is 11.2 Å². The number of para-hydroxylation sites is 1. The highest BCUT2D eigenvalue weighted by atomic mass is 16.5. The van der Waals surface area contributed by atoms with Gasteiger partial charge in [-0.3, -0.25) is 4.79 Å². The molecule has 0 amide bonds. The lowest BCUT2D eigenvalue weighted by molar-refractivity contribution is -0.138. The Morgan fingerprint density at radius 2 is 2.11 bits per heavy atom. The van der Waals surface area contributed by atoms with Crippen molar-refractivity contribution in [3.05, 3.63) is 29.8 Å². The van der Waals surface area contributed by atoms with E-state index in [1.54, 1.807) is 0 Å². The number of aliphatic carboxylic acids is 1. The van der Waals surface area contributed by atoms with Gasteiger partial charge < -0.3 is 20.5 Å². The van der Waals surface area contributed by atoms with Crippen molar-refractivity contribution in [3.63, 3.8) is 0 Å². The summed E-state index contributed by atoms with van der Waals surface area (Å²) in [5.41, 5.74) is 6.36. The van der Waals surface area contributed by atoms with E-state index >= 15 is 0 Å². The zero-order valence-corrected chi connectivity index (χ0v) is 10.8. The first-order valence-corrected chi connectivity index (χ1v) is 5.84. The van der Waals surface area contributed by atoms with Gasteiger partial charge in [0.2, 0.25) is 0 Å². The van der Waals surface area contributed by atoms with Gasteiger partial charge in [-0.15, -0.1) is 0 Å². The van der Waals surface area contributed by atoms with Crippen LogP contribution in [0.1, 0.15) is 5.56 Å². The summed E-state index contributed by atoms with van der Waals surface area (Å²) < 4.78 is 5.64. The summed E-state index contributed by atoms with van der Waals surface area (Å²) in [6.45, 7) is 1.37. The van der Waals surface area contributed by atoms with Crippen molar-refractivity contribution in [1.29, 1.82) is 0 Å². The third-order valence-corrected chi connectivity index (χ3v) is 2.53. The van der Waals surface area contributed by atoms with Gasteiger partial charge in [-0.2, -0.15) is 0 Å². The molecule has 100 valence electrons. The van der Waals surface area contributed by atoms with E-state index in [0.29, 0.717) is 12.4 Å². The Kier molecular flexibility index (Phi) is 5.61. The number of nitrogens with two attached hydrogens (primary N) is 1. The Balaban J connectivity index is 2.64. The topological polar surface area (TPSA) is 75.8 Å². The van der Waals surface area contributed by atoms with Crippen LogP contribution in [0.3, 0.4) is 0 Å². The lowest BCUT2D eigenvalue weighted by atomic mass is 10.1. The monoisotopic (exact) mass is 252 g/mol. The Morgan fingerprint density at radius 1 is 1.44 bits per heavy atom. The molecule has 1 aromatic carbocycles. The van der Waals surface area contributed by atoms with E-state index in [4.69, 9.17) is 15.6 Å². The van der Waals surface area contributed by atoms with Crippen molar-refractivity contribution in [1.82, 2.24) is 4.90 Å². The molecule has 5 heteroatoms. The summed E-state index contributed by atoms with van der Waals surface area (Å²) >= 11 is 0. The molecule has 0 bridgehead atoms. The summed E-state index contributed by atoms with van der Waals surface area (Å²) in [6.07, 6.45) is 0.271. The maximum atomic E-state index is 10.7. The number of carboxylic acid groups (broad SMARTS) is 1. The molecule has 18 heavy (non-hydrogen) atoms. The largest absolute Gasteiger partial charge is 0.492 e. The van der Waals surface area contributed by atoms with Crippen LogP contribution in [0.25, 0.3) is 0 Å². The van der Waals surface area contributed by atoms with Gasteiger partial charge in [0.05, 0.1) is 0 Å². The number of rotatable bonds is 7. The Morgan fingerprint density at radius 3 is 2.72 bits per heavy atom. The van der Waals surface area contributed by atoms with Crippen molar-refractivity contribution in [3.8, 4) is 5.75 Å². The molecule has 0 spiro atoms. The molecule has 0 aromatic heterocycles. The SMILES string of the molecule is CN(C)CCOc1ccccc1C[C@@H](N)C(=O)O. The maximum absolute atomic E-state index is 10.7. The average Bonchev–Trinajstić information content (AvgIpc) is 2.30. The lowest BCUT2D eigenvalue weighted by Crippen LogP contribution is -2.32. The molecule has 0 unspecified atom stereocenters. The number of hydrogen-bond donors (Lipinski definition) is 2. The average molecular weight is 252 g/mol. The lowest BCUT2D eigenvalue weighted by Gasteiger charge is -2.15. The molecule has 5 nitrogen and oxygen atoms in total. The molecule has 3 N–H and O–H groups in total. The number of carboxylic acids is 1. The number of carbonyl (C=O) groups is 1. The molecule has 0 fully saturated rings. The number of likely N-dealkylation sites (N-methyl/N-ethyl adjacent to an activating group) is 1. The van der Waals surface area contributed by atoms with E-state index in [9.17, 15) is 4.79 Å². The molecule has 0 aliphatic heterocycles. The molecular weight excluding hydrogens is 232 g/mol. The van der Waals surface area contributed by atoms with Crippen molar-refractivity contribution in [2.45, 2.75) is 12.5 Å². The first-order chi connectivity index (χ1) is 8.50. The van der Waals surface area contributed by atoms with Crippen molar-refractivity contribution < 1.29 is 14.6 Å². The van der Waals surface area contributed by atoms with Gasteiger partial charge >= 0.3 is 5.97 Å². The molecule has 1 atom stereocenters.